The van der Waals surface area contributed by atoms with Gasteiger partial charge in [0.2, 0.25) is 0 Å². The van der Waals surface area contributed by atoms with Crippen LogP contribution in [0.5, 0.6) is 5.75 Å². The van der Waals surface area contributed by atoms with Gasteiger partial charge in [-0.05, 0) is 55.4 Å². The molecule has 33 heavy (non-hydrogen) atoms. The van der Waals surface area contributed by atoms with Crippen LogP contribution in [0.15, 0.2) is 36.4 Å². The Balaban J connectivity index is 1.54. The van der Waals surface area contributed by atoms with E-state index in [1.54, 1.807) is 36.4 Å². The van der Waals surface area contributed by atoms with Crippen LogP contribution in [0.2, 0.25) is 10.0 Å². The van der Waals surface area contributed by atoms with Crippen molar-refractivity contribution < 1.29 is 14.3 Å². The minimum atomic E-state index is -0.412. The van der Waals surface area contributed by atoms with Crippen LogP contribution >= 0.6 is 23.2 Å². The number of nitrogens with zero attached hydrogens (tertiary/aromatic N) is 1. The van der Waals surface area contributed by atoms with Crippen LogP contribution in [0, 0.1) is 11.8 Å². The van der Waals surface area contributed by atoms with Gasteiger partial charge in [-0.15, -0.1) is 0 Å². The van der Waals surface area contributed by atoms with E-state index in [9.17, 15) is 9.59 Å². The van der Waals surface area contributed by atoms with Crippen LogP contribution in [-0.4, -0.2) is 36.4 Å². The molecule has 1 N–H and O–H groups in total. The van der Waals surface area contributed by atoms with Gasteiger partial charge in [-0.3, -0.25) is 9.59 Å². The SMILES string of the molecule is CCCOc1cc(NC(=O)c2c(Cl)cccc2Cl)ccc1C(=O)N1CC[C@H]2CCCC[C@H]2C1. The molecule has 4 rings (SSSR count). The van der Waals surface area contributed by atoms with Crippen molar-refractivity contribution in [2.75, 3.05) is 25.0 Å². The molecule has 2 aromatic carbocycles. The highest BCUT2D eigenvalue weighted by atomic mass is 35.5. The summed E-state index contributed by atoms with van der Waals surface area (Å²) in [7, 11) is 0. The average Bonchev–Trinajstić information content (AvgIpc) is 2.82. The summed E-state index contributed by atoms with van der Waals surface area (Å²) in [5.74, 6) is 1.43. The Hall–Kier alpha value is -2.24. The second-order valence-corrected chi connectivity index (χ2v) is 9.77. The van der Waals surface area contributed by atoms with Crippen LogP contribution in [0.4, 0.5) is 5.69 Å². The molecule has 0 bridgehead atoms. The summed E-state index contributed by atoms with van der Waals surface area (Å²) >= 11 is 12.3. The number of likely N-dealkylation sites (tertiary alicyclic amines) is 1. The molecular formula is C26H30Cl2N2O3. The lowest BCUT2D eigenvalue weighted by Crippen LogP contribution is -2.44. The van der Waals surface area contributed by atoms with Crippen LogP contribution in [0.3, 0.4) is 0 Å². The first-order chi connectivity index (χ1) is 16.0. The maximum absolute atomic E-state index is 13.4. The van der Waals surface area contributed by atoms with E-state index in [2.05, 4.69) is 5.32 Å². The fourth-order valence-electron chi connectivity index (χ4n) is 4.97. The van der Waals surface area contributed by atoms with Gasteiger partial charge < -0.3 is 15.0 Å². The van der Waals surface area contributed by atoms with Crippen molar-refractivity contribution >= 4 is 40.7 Å². The van der Waals surface area contributed by atoms with E-state index >= 15 is 0 Å². The standard InChI is InChI=1S/C26H30Cl2N2O3/c1-2-14-33-23-15-19(29-25(31)24-21(27)8-5-9-22(24)28)10-11-20(23)26(32)30-13-12-17-6-3-4-7-18(17)16-30/h5,8-11,15,17-18H,2-4,6-7,12-14,16H2,1H3,(H,29,31)/t17-,18+/m1/s1. The van der Waals surface area contributed by atoms with Gasteiger partial charge >= 0.3 is 0 Å². The lowest BCUT2D eigenvalue weighted by Gasteiger charge is -2.41. The van der Waals surface area contributed by atoms with Crippen LogP contribution in [0.1, 0.15) is 66.2 Å². The van der Waals surface area contributed by atoms with Gasteiger partial charge in [-0.1, -0.05) is 55.5 Å². The van der Waals surface area contributed by atoms with Gasteiger partial charge in [-0.25, -0.2) is 0 Å². The van der Waals surface area contributed by atoms with Gasteiger partial charge in [0.1, 0.15) is 5.75 Å². The minimum absolute atomic E-state index is 0.00264. The third kappa shape index (κ3) is 5.47. The third-order valence-corrected chi connectivity index (χ3v) is 7.33. The molecule has 2 aliphatic rings. The van der Waals surface area contributed by atoms with Crippen molar-refractivity contribution in [3.05, 3.63) is 57.6 Å². The third-order valence-electron chi connectivity index (χ3n) is 6.70. The number of hydrogen-bond acceptors (Lipinski definition) is 3. The molecule has 2 fully saturated rings. The average molecular weight is 489 g/mol. The summed E-state index contributed by atoms with van der Waals surface area (Å²) in [6, 6.07) is 10.1. The summed E-state index contributed by atoms with van der Waals surface area (Å²) in [5.41, 5.74) is 1.27. The molecule has 0 unspecified atom stereocenters. The number of carbonyl (C=O) groups excluding carboxylic acids is 2. The summed E-state index contributed by atoms with van der Waals surface area (Å²) in [6.45, 7) is 4.11. The molecule has 1 aliphatic heterocycles. The Labute approximate surface area is 205 Å². The number of anilines is 1. The van der Waals surface area contributed by atoms with E-state index in [1.165, 1.54) is 25.7 Å². The Morgan fingerprint density at radius 2 is 1.79 bits per heavy atom. The van der Waals surface area contributed by atoms with Crippen molar-refractivity contribution in [1.29, 1.82) is 0 Å². The predicted octanol–water partition coefficient (Wildman–Crippen LogP) is 6.69. The molecule has 0 spiro atoms. The monoisotopic (exact) mass is 488 g/mol. The molecule has 7 heteroatoms. The number of carbonyl (C=O) groups is 2. The van der Waals surface area contributed by atoms with Gasteiger partial charge in [-0.2, -0.15) is 0 Å². The number of ether oxygens (including phenoxy) is 1. The normalized spacial score (nSPS) is 20.2. The number of nitrogens with one attached hydrogen (secondary N) is 1. The first kappa shape index (κ1) is 23.9. The van der Waals surface area contributed by atoms with E-state index in [0.717, 1.165) is 31.8 Å². The second-order valence-electron chi connectivity index (χ2n) is 8.95. The molecule has 0 aromatic heterocycles. The smallest absolute Gasteiger partial charge is 0.258 e. The highest BCUT2D eigenvalue weighted by Crippen LogP contribution is 2.37. The minimum Gasteiger partial charge on any atom is -0.493 e. The Morgan fingerprint density at radius 1 is 1.06 bits per heavy atom. The van der Waals surface area contributed by atoms with Gasteiger partial charge in [0.05, 0.1) is 27.8 Å². The van der Waals surface area contributed by atoms with E-state index in [4.69, 9.17) is 27.9 Å². The summed E-state index contributed by atoms with van der Waals surface area (Å²) in [5, 5.41) is 3.38. The Morgan fingerprint density at radius 3 is 2.52 bits per heavy atom. The molecule has 176 valence electrons. The van der Waals surface area contributed by atoms with Gasteiger partial charge in [0.15, 0.2) is 0 Å². The first-order valence-electron chi connectivity index (χ1n) is 11.8. The van der Waals surface area contributed by atoms with Crippen LogP contribution in [-0.2, 0) is 0 Å². The predicted molar refractivity (Wildman–Crippen MR) is 133 cm³/mol. The number of amides is 2. The zero-order chi connectivity index (χ0) is 23.4. The van der Waals surface area contributed by atoms with Crippen molar-refractivity contribution in [3.8, 4) is 5.75 Å². The number of hydrogen-bond donors (Lipinski definition) is 1. The molecule has 0 radical (unpaired) electrons. The molecule has 2 aromatic rings. The number of fused-ring (bicyclic) bond motifs is 1. The number of benzene rings is 2. The largest absolute Gasteiger partial charge is 0.493 e. The highest BCUT2D eigenvalue weighted by molar-refractivity contribution is 6.40. The Bertz CT molecular complexity index is 1010. The molecule has 1 saturated carbocycles. The van der Waals surface area contributed by atoms with Crippen molar-refractivity contribution in [2.24, 2.45) is 11.8 Å². The lowest BCUT2D eigenvalue weighted by molar-refractivity contribution is 0.0517. The number of piperidine rings is 1. The zero-order valence-corrected chi connectivity index (χ0v) is 20.4. The highest BCUT2D eigenvalue weighted by Gasteiger charge is 2.34. The quantitative estimate of drug-likeness (QED) is 0.492. The molecule has 1 heterocycles. The summed E-state index contributed by atoms with van der Waals surface area (Å²) < 4.78 is 5.93. The van der Waals surface area contributed by atoms with Crippen molar-refractivity contribution in [3.63, 3.8) is 0 Å². The topological polar surface area (TPSA) is 58.6 Å². The van der Waals surface area contributed by atoms with E-state index < -0.39 is 5.91 Å². The van der Waals surface area contributed by atoms with E-state index in [1.807, 2.05) is 11.8 Å². The lowest BCUT2D eigenvalue weighted by atomic mass is 9.75. The van der Waals surface area contributed by atoms with E-state index in [-0.39, 0.29) is 21.5 Å². The summed E-state index contributed by atoms with van der Waals surface area (Å²) in [4.78, 5) is 28.2. The van der Waals surface area contributed by atoms with Crippen LogP contribution < -0.4 is 10.1 Å². The molecule has 2 atom stereocenters. The van der Waals surface area contributed by atoms with Crippen molar-refractivity contribution in [1.82, 2.24) is 4.90 Å². The fraction of sp³-hybridized carbons (Fsp3) is 0.462. The maximum atomic E-state index is 13.4. The van der Waals surface area contributed by atoms with E-state index in [0.29, 0.717) is 29.5 Å². The molecule has 1 aliphatic carbocycles. The fourth-order valence-corrected chi connectivity index (χ4v) is 5.54. The van der Waals surface area contributed by atoms with Crippen LogP contribution in [0.25, 0.3) is 0 Å². The Kier molecular flexibility index (Phi) is 7.82. The van der Waals surface area contributed by atoms with Gasteiger partial charge in [0.25, 0.3) is 11.8 Å². The molecule has 2 amide bonds. The molecular weight excluding hydrogens is 459 g/mol. The van der Waals surface area contributed by atoms with Crippen molar-refractivity contribution in [2.45, 2.75) is 45.4 Å². The molecule has 1 saturated heterocycles. The first-order valence-corrected chi connectivity index (χ1v) is 12.5. The van der Waals surface area contributed by atoms with Gasteiger partial charge in [0, 0.05) is 24.8 Å². The summed E-state index contributed by atoms with van der Waals surface area (Å²) in [6.07, 6.45) is 6.97. The number of halogens is 2. The second kappa shape index (κ2) is 10.8. The zero-order valence-electron chi connectivity index (χ0n) is 18.9. The molecule has 5 nitrogen and oxygen atoms in total. The maximum Gasteiger partial charge on any atom is 0.258 e. The number of rotatable bonds is 6.